The van der Waals surface area contributed by atoms with Gasteiger partial charge in [-0.05, 0) is 5.92 Å². The Morgan fingerprint density at radius 1 is 1.67 bits per heavy atom. The second kappa shape index (κ2) is 6.26. The number of halogens is 1. The van der Waals surface area contributed by atoms with Gasteiger partial charge < -0.3 is 10.5 Å². The molecule has 0 saturated carbocycles. The zero-order valence-corrected chi connectivity index (χ0v) is 8.30. The molecule has 0 aliphatic rings. The molecule has 2 atom stereocenters. The summed E-state index contributed by atoms with van der Waals surface area (Å²) < 4.78 is 4.78. The van der Waals surface area contributed by atoms with Crippen LogP contribution in [0.5, 0.6) is 0 Å². The highest BCUT2D eigenvalue weighted by molar-refractivity contribution is 6.18. The van der Waals surface area contributed by atoms with Crippen molar-refractivity contribution in [2.45, 2.75) is 26.3 Å². The number of ether oxygens (including phenoxy) is 1. The molecule has 0 aliphatic carbocycles. The Bertz CT molecular complexity index is 141. The lowest BCUT2D eigenvalue weighted by atomic mass is 10.0. The van der Waals surface area contributed by atoms with Crippen LogP contribution in [-0.4, -0.2) is 24.5 Å². The van der Waals surface area contributed by atoms with Gasteiger partial charge in [0.05, 0.1) is 5.88 Å². The van der Waals surface area contributed by atoms with Gasteiger partial charge in [0.15, 0.2) is 0 Å². The third-order valence-corrected chi connectivity index (χ3v) is 2.00. The summed E-state index contributed by atoms with van der Waals surface area (Å²) in [6.07, 6.45) is 0.872. The van der Waals surface area contributed by atoms with Crippen LogP contribution in [0.25, 0.3) is 0 Å². The summed E-state index contributed by atoms with van der Waals surface area (Å²) in [7, 11) is 0. The molecular weight excluding hydrogens is 178 g/mol. The second-order valence-corrected chi connectivity index (χ2v) is 3.15. The summed E-state index contributed by atoms with van der Waals surface area (Å²) in [6.45, 7) is 4.15. The Balaban J connectivity index is 3.75. The number of hydrogen-bond donors (Lipinski definition) is 1. The van der Waals surface area contributed by atoms with Gasteiger partial charge in [-0.1, -0.05) is 20.3 Å². The van der Waals surface area contributed by atoms with E-state index in [1.165, 1.54) is 0 Å². The molecule has 0 aromatic rings. The summed E-state index contributed by atoms with van der Waals surface area (Å²) in [4.78, 5) is 11.1. The normalized spacial score (nSPS) is 15.3. The molecule has 12 heavy (non-hydrogen) atoms. The molecule has 0 fully saturated rings. The Hall–Kier alpha value is -0.280. The number of alkyl halides is 1. The predicted octanol–water partition coefficient (Wildman–Crippen LogP) is 1.14. The van der Waals surface area contributed by atoms with E-state index in [2.05, 4.69) is 0 Å². The van der Waals surface area contributed by atoms with Crippen LogP contribution in [0.1, 0.15) is 20.3 Å². The maximum Gasteiger partial charge on any atom is 0.323 e. The van der Waals surface area contributed by atoms with E-state index in [0.717, 1.165) is 6.42 Å². The van der Waals surface area contributed by atoms with Gasteiger partial charge in [-0.3, -0.25) is 4.79 Å². The average Bonchev–Trinajstić information content (AvgIpc) is 2.11. The Kier molecular flexibility index (Phi) is 6.11. The van der Waals surface area contributed by atoms with Crippen molar-refractivity contribution in [1.82, 2.24) is 0 Å². The molecule has 4 heteroatoms. The predicted molar refractivity (Wildman–Crippen MR) is 49.1 cm³/mol. The third-order valence-electron chi connectivity index (χ3n) is 1.85. The van der Waals surface area contributed by atoms with Crippen molar-refractivity contribution in [1.29, 1.82) is 0 Å². The van der Waals surface area contributed by atoms with Crippen molar-refractivity contribution in [3.8, 4) is 0 Å². The molecule has 2 N–H and O–H groups in total. The first kappa shape index (κ1) is 11.7. The fourth-order valence-electron chi connectivity index (χ4n) is 0.722. The molecule has 0 saturated heterocycles. The van der Waals surface area contributed by atoms with Gasteiger partial charge in [0.25, 0.3) is 0 Å². The number of nitrogens with two attached hydrogens (primary N) is 1. The molecule has 0 spiro atoms. The molecule has 3 nitrogen and oxygen atoms in total. The number of esters is 1. The number of hydrogen-bond acceptors (Lipinski definition) is 3. The number of carbonyl (C=O) groups excluding carboxylic acids is 1. The summed E-state index contributed by atoms with van der Waals surface area (Å²) in [5.74, 6) is 0.122. The summed E-state index contributed by atoms with van der Waals surface area (Å²) in [6, 6.07) is -0.516. The summed E-state index contributed by atoms with van der Waals surface area (Å²) >= 11 is 5.35. The zero-order chi connectivity index (χ0) is 9.56. The molecule has 0 unspecified atom stereocenters. The minimum atomic E-state index is -0.516. The van der Waals surface area contributed by atoms with Gasteiger partial charge in [-0.15, -0.1) is 11.6 Å². The lowest BCUT2D eigenvalue weighted by Crippen LogP contribution is -2.38. The van der Waals surface area contributed by atoms with Crippen LogP contribution in [0, 0.1) is 5.92 Å². The third kappa shape index (κ3) is 3.93. The van der Waals surface area contributed by atoms with E-state index in [4.69, 9.17) is 22.1 Å². The van der Waals surface area contributed by atoms with Crippen molar-refractivity contribution in [2.24, 2.45) is 11.7 Å². The van der Waals surface area contributed by atoms with E-state index < -0.39 is 6.04 Å². The average molecular weight is 194 g/mol. The fraction of sp³-hybridized carbons (Fsp3) is 0.875. The van der Waals surface area contributed by atoms with Crippen LogP contribution in [0.3, 0.4) is 0 Å². The van der Waals surface area contributed by atoms with Gasteiger partial charge >= 0.3 is 5.97 Å². The number of carbonyl (C=O) groups is 1. The highest BCUT2D eigenvalue weighted by Gasteiger charge is 2.20. The molecule has 0 amide bonds. The zero-order valence-electron chi connectivity index (χ0n) is 7.55. The minimum Gasteiger partial charge on any atom is -0.463 e. The summed E-state index contributed by atoms with van der Waals surface area (Å²) in [5.41, 5.74) is 5.59. The second-order valence-electron chi connectivity index (χ2n) is 2.77. The van der Waals surface area contributed by atoms with Crippen LogP contribution < -0.4 is 5.73 Å². The minimum absolute atomic E-state index is 0.160. The van der Waals surface area contributed by atoms with E-state index in [0.29, 0.717) is 5.88 Å². The maximum absolute atomic E-state index is 11.1. The molecule has 0 rings (SSSR count). The van der Waals surface area contributed by atoms with Crippen LogP contribution >= 0.6 is 11.6 Å². The summed E-state index contributed by atoms with van der Waals surface area (Å²) in [5, 5.41) is 0. The van der Waals surface area contributed by atoms with Gasteiger partial charge in [0, 0.05) is 0 Å². The van der Waals surface area contributed by atoms with Gasteiger partial charge in [0.1, 0.15) is 12.6 Å². The molecule has 0 heterocycles. The molecule has 0 aliphatic heterocycles. The largest absolute Gasteiger partial charge is 0.463 e. The van der Waals surface area contributed by atoms with Gasteiger partial charge in [-0.2, -0.15) is 0 Å². The first-order valence-electron chi connectivity index (χ1n) is 4.11. The quantitative estimate of drug-likeness (QED) is 0.526. The molecule has 0 aromatic heterocycles. The SMILES string of the molecule is CC[C@H](C)[C@@H](N)C(=O)OCCCl. The molecule has 0 radical (unpaired) electrons. The van der Waals surface area contributed by atoms with Gasteiger partial charge in [-0.25, -0.2) is 0 Å². The first-order valence-corrected chi connectivity index (χ1v) is 4.65. The van der Waals surface area contributed by atoms with Crippen molar-refractivity contribution in [2.75, 3.05) is 12.5 Å². The standard InChI is InChI=1S/C8H16ClNO2/c1-3-6(2)7(10)8(11)12-5-4-9/h6-7H,3-5,10H2,1-2H3/t6-,7+/m0/s1. The van der Waals surface area contributed by atoms with E-state index in [9.17, 15) is 4.79 Å². The first-order chi connectivity index (χ1) is 5.63. The van der Waals surface area contributed by atoms with E-state index >= 15 is 0 Å². The van der Waals surface area contributed by atoms with Crippen molar-refractivity contribution >= 4 is 17.6 Å². The van der Waals surface area contributed by atoms with E-state index in [1.807, 2.05) is 13.8 Å². The Morgan fingerprint density at radius 2 is 2.25 bits per heavy atom. The monoisotopic (exact) mass is 193 g/mol. The van der Waals surface area contributed by atoms with Crippen molar-refractivity contribution in [3.05, 3.63) is 0 Å². The highest BCUT2D eigenvalue weighted by atomic mass is 35.5. The maximum atomic E-state index is 11.1. The number of rotatable bonds is 5. The van der Waals surface area contributed by atoms with Crippen molar-refractivity contribution < 1.29 is 9.53 Å². The molecular formula is C8H16ClNO2. The van der Waals surface area contributed by atoms with E-state index in [-0.39, 0.29) is 18.5 Å². The Labute approximate surface area is 78.2 Å². The van der Waals surface area contributed by atoms with E-state index in [1.54, 1.807) is 0 Å². The highest BCUT2D eigenvalue weighted by Crippen LogP contribution is 2.06. The van der Waals surface area contributed by atoms with Crippen molar-refractivity contribution in [3.63, 3.8) is 0 Å². The molecule has 0 aromatic carbocycles. The molecule has 72 valence electrons. The lowest BCUT2D eigenvalue weighted by Gasteiger charge is -2.16. The Morgan fingerprint density at radius 3 is 2.67 bits per heavy atom. The lowest BCUT2D eigenvalue weighted by molar-refractivity contribution is -0.145. The van der Waals surface area contributed by atoms with Crippen LogP contribution in [0.2, 0.25) is 0 Å². The van der Waals surface area contributed by atoms with Crippen LogP contribution in [-0.2, 0) is 9.53 Å². The van der Waals surface area contributed by atoms with Gasteiger partial charge in [0.2, 0.25) is 0 Å². The smallest absolute Gasteiger partial charge is 0.323 e. The fourth-order valence-corrected chi connectivity index (χ4v) is 0.799. The topological polar surface area (TPSA) is 52.3 Å². The van der Waals surface area contributed by atoms with Crippen LogP contribution in [0.4, 0.5) is 0 Å². The molecule has 0 bridgehead atoms. The van der Waals surface area contributed by atoms with Crippen LogP contribution in [0.15, 0.2) is 0 Å².